The molecule has 0 aliphatic carbocycles. The third-order valence-corrected chi connectivity index (χ3v) is 6.35. The smallest absolute Gasteiger partial charge is 0.244 e. The van der Waals surface area contributed by atoms with Gasteiger partial charge in [-0.3, -0.25) is 9.10 Å². The molecule has 0 spiro atoms. The molecule has 1 amide bonds. The van der Waals surface area contributed by atoms with Gasteiger partial charge in [0.15, 0.2) is 0 Å². The average Bonchev–Trinajstić information content (AvgIpc) is 2.77. The Bertz CT molecular complexity index is 1060. The molecule has 0 aliphatic heterocycles. The van der Waals surface area contributed by atoms with Crippen molar-refractivity contribution in [2.75, 3.05) is 10.6 Å². The van der Waals surface area contributed by atoms with E-state index in [0.717, 1.165) is 22.9 Å². The molecule has 0 aromatic heterocycles. The van der Waals surface area contributed by atoms with Gasteiger partial charge in [-0.25, -0.2) is 8.42 Å². The van der Waals surface area contributed by atoms with Crippen LogP contribution in [0.4, 0.5) is 5.69 Å². The van der Waals surface area contributed by atoms with E-state index in [4.69, 9.17) is 0 Å². The Kier molecular flexibility index (Phi) is 7.13. The van der Waals surface area contributed by atoms with Crippen LogP contribution in [0.15, 0.2) is 84.9 Å². The fraction of sp³-hybridized carbons (Fsp3) is 0.240. The molecule has 31 heavy (non-hydrogen) atoms. The fourth-order valence-electron chi connectivity index (χ4n) is 3.64. The lowest BCUT2D eigenvalue weighted by Gasteiger charge is -2.32. The summed E-state index contributed by atoms with van der Waals surface area (Å²) < 4.78 is 26.6. The van der Waals surface area contributed by atoms with E-state index in [1.807, 2.05) is 86.6 Å². The van der Waals surface area contributed by atoms with Crippen molar-refractivity contribution in [1.29, 1.82) is 0 Å². The monoisotopic (exact) mass is 436 g/mol. The fourth-order valence-corrected chi connectivity index (χ4v) is 4.85. The maximum absolute atomic E-state index is 13.4. The number of aryl methyl sites for hydroxylation is 1. The van der Waals surface area contributed by atoms with Crippen LogP contribution in [-0.4, -0.2) is 26.6 Å². The highest BCUT2D eigenvalue weighted by Crippen LogP contribution is 2.26. The standard InChI is InChI=1S/C25H28N2O3S/c1-4-23(27(31(3,29)30)22-17-15-19(2)16-18-22)25(28)26-24(20-11-7-5-8-12-20)21-13-9-6-10-14-21/h5-18,23-24H,4H2,1-3H3,(H,26,28)/t23-/m1/s1. The topological polar surface area (TPSA) is 66.5 Å². The van der Waals surface area contributed by atoms with Crippen molar-refractivity contribution in [2.24, 2.45) is 0 Å². The zero-order valence-corrected chi connectivity index (χ0v) is 18.8. The van der Waals surface area contributed by atoms with E-state index in [0.29, 0.717) is 12.1 Å². The number of amides is 1. The third kappa shape index (κ3) is 5.52. The Morgan fingerprint density at radius 2 is 1.35 bits per heavy atom. The normalized spacial score (nSPS) is 12.4. The van der Waals surface area contributed by atoms with Crippen LogP contribution in [0, 0.1) is 6.92 Å². The second-order valence-electron chi connectivity index (χ2n) is 7.58. The lowest BCUT2D eigenvalue weighted by molar-refractivity contribution is -0.122. The Hall–Kier alpha value is -3.12. The molecule has 3 rings (SSSR count). The average molecular weight is 437 g/mol. The lowest BCUT2D eigenvalue weighted by Crippen LogP contribution is -2.50. The second kappa shape index (κ2) is 9.79. The Balaban J connectivity index is 1.97. The number of rotatable bonds is 8. The van der Waals surface area contributed by atoms with Gasteiger partial charge >= 0.3 is 0 Å². The third-order valence-electron chi connectivity index (χ3n) is 5.17. The van der Waals surface area contributed by atoms with E-state index in [9.17, 15) is 13.2 Å². The summed E-state index contributed by atoms with van der Waals surface area (Å²) in [6.45, 7) is 3.75. The number of carbonyl (C=O) groups excluding carboxylic acids is 1. The van der Waals surface area contributed by atoms with Gasteiger partial charge in [0.05, 0.1) is 18.0 Å². The zero-order chi connectivity index (χ0) is 22.4. The first-order valence-corrected chi connectivity index (χ1v) is 12.1. The predicted molar refractivity (Wildman–Crippen MR) is 125 cm³/mol. The van der Waals surface area contributed by atoms with Crippen LogP contribution in [0.2, 0.25) is 0 Å². The molecular weight excluding hydrogens is 408 g/mol. The van der Waals surface area contributed by atoms with Crippen molar-refractivity contribution in [3.63, 3.8) is 0 Å². The van der Waals surface area contributed by atoms with Crippen molar-refractivity contribution < 1.29 is 13.2 Å². The van der Waals surface area contributed by atoms with Crippen LogP contribution in [-0.2, 0) is 14.8 Å². The largest absolute Gasteiger partial charge is 0.343 e. The van der Waals surface area contributed by atoms with Crippen molar-refractivity contribution in [1.82, 2.24) is 5.32 Å². The molecule has 3 aromatic rings. The number of carbonyl (C=O) groups is 1. The second-order valence-corrected chi connectivity index (χ2v) is 9.44. The van der Waals surface area contributed by atoms with E-state index in [-0.39, 0.29) is 11.9 Å². The van der Waals surface area contributed by atoms with Gasteiger partial charge in [0.1, 0.15) is 6.04 Å². The van der Waals surface area contributed by atoms with Crippen LogP contribution >= 0.6 is 0 Å². The van der Waals surface area contributed by atoms with Crippen LogP contribution in [0.1, 0.15) is 36.1 Å². The molecule has 3 aromatic carbocycles. The molecule has 0 saturated carbocycles. The van der Waals surface area contributed by atoms with Gasteiger partial charge in [0, 0.05) is 0 Å². The summed E-state index contributed by atoms with van der Waals surface area (Å²) >= 11 is 0. The first kappa shape index (κ1) is 22.6. The van der Waals surface area contributed by atoms with Gasteiger partial charge in [-0.1, -0.05) is 85.3 Å². The highest BCUT2D eigenvalue weighted by Gasteiger charge is 2.33. The number of benzene rings is 3. The van der Waals surface area contributed by atoms with Gasteiger partial charge in [0.2, 0.25) is 15.9 Å². The number of nitrogens with one attached hydrogen (secondary N) is 1. The lowest BCUT2D eigenvalue weighted by atomic mass is 9.98. The van der Waals surface area contributed by atoms with Crippen LogP contribution in [0.5, 0.6) is 0 Å². The van der Waals surface area contributed by atoms with Gasteiger partial charge in [-0.15, -0.1) is 0 Å². The summed E-state index contributed by atoms with van der Waals surface area (Å²) in [5.74, 6) is -0.341. The number of anilines is 1. The minimum atomic E-state index is -3.68. The molecule has 0 aliphatic rings. The molecule has 0 unspecified atom stereocenters. The quantitative estimate of drug-likeness (QED) is 0.567. The summed E-state index contributed by atoms with van der Waals surface area (Å²) in [6.07, 6.45) is 1.47. The molecule has 0 radical (unpaired) electrons. The minimum Gasteiger partial charge on any atom is -0.343 e. The molecule has 0 fully saturated rings. The van der Waals surface area contributed by atoms with E-state index >= 15 is 0 Å². The Morgan fingerprint density at radius 3 is 1.77 bits per heavy atom. The van der Waals surface area contributed by atoms with Gasteiger partial charge in [-0.05, 0) is 36.6 Å². The van der Waals surface area contributed by atoms with Gasteiger partial charge in [0.25, 0.3) is 0 Å². The summed E-state index contributed by atoms with van der Waals surface area (Å²) in [5.41, 5.74) is 3.35. The number of hydrogen-bond donors (Lipinski definition) is 1. The van der Waals surface area contributed by atoms with Crippen molar-refractivity contribution in [3.8, 4) is 0 Å². The first-order valence-electron chi connectivity index (χ1n) is 10.3. The minimum absolute atomic E-state index is 0.336. The number of hydrogen-bond acceptors (Lipinski definition) is 3. The molecule has 0 bridgehead atoms. The van der Waals surface area contributed by atoms with Gasteiger partial charge < -0.3 is 5.32 Å². The van der Waals surface area contributed by atoms with Crippen molar-refractivity contribution in [3.05, 3.63) is 102 Å². The zero-order valence-electron chi connectivity index (χ0n) is 18.0. The van der Waals surface area contributed by atoms with E-state index in [2.05, 4.69) is 5.32 Å². The first-order chi connectivity index (χ1) is 14.8. The molecule has 1 atom stereocenters. The summed E-state index contributed by atoms with van der Waals surface area (Å²) in [5, 5.41) is 3.09. The van der Waals surface area contributed by atoms with Crippen LogP contribution in [0.25, 0.3) is 0 Å². The number of sulfonamides is 1. The summed E-state index contributed by atoms with van der Waals surface area (Å²) in [7, 11) is -3.68. The SMILES string of the molecule is CC[C@H](C(=O)NC(c1ccccc1)c1ccccc1)N(c1ccc(C)cc1)S(C)(=O)=O. The molecule has 0 heterocycles. The highest BCUT2D eigenvalue weighted by atomic mass is 32.2. The Labute approximate surface area is 184 Å². The molecule has 0 saturated heterocycles. The van der Waals surface area contributed by atoms with Crippen LogP contribution in [0.3, 0.4) is 0 Å². The molecular formula is C25H28N2O3S. The highest BCUT2D eigenvalue weighted by molar-refractivity contribution is 7.92. The molecule has 6 heteroatoms. The summed E-state index contributed by atoms with van der Waals surface area (Å²) in [4.78, 5) is 13.4. The van der Waals surface area contributed by atoms with E-state index < -0.39 is 16.1 Å². The van der Waals surface area contributed by atoms with Crippen molar-refractivity contribution in [2.45, 2.75) is 32.4 Å². The van der Waals surface area contributed by atoms with Crippen LogP contribution < -0.4 is 9.62 Å². The number of nitrogens with zero attached hydrogens (tertiary/aromatic N) is 1. The molecule has 5 nitrogen and oxygen atoms in total. The predicted octanol–water partition coefficient (Wildman–Crippen LogP) is 4.45. The summed E-state index contributed by atoms with van der Waals surface area (Å²) in [6, 6.07) is 25.2. The van der Waals surface area contributed by atoms with E-state index in [1.165, 1.54) is 4.31 Å². The van der Waals surface area contributed by atoms with Crippen molar-refractivity contribution >= 4 is 21.6 Å². The molecule has 162 valence electrons. The van der Waals surface area contributed by atoms with Gasteiger partial charge in [-0.2, -0.15) is 0 Å². The van der Waals surface area contributed by atoms with E-state index in [1.54, 1.807) is 12.1 Å². The molecule has 1 N–H and O–H groups in total. The maximum atomic E-state index is 13.4. The Morgan fingerprint density at radius 1 is 0.871 bits per heavy atom. The maximum Gasteiger partial charge on any atom is 0.244 e.